The summed E-state index contributed by atoms with van der Waals surface area (Å²) in [6.07, 6.45) is 1.78. The fraction of sp³-hybridized carbons (Fsp3) is 0.588. The van der Waals surface area contributed by atoms with Gasteiger partial charge in [0.2, 0.25) is 15.9 Å². The molecular weight excluding hydrogens is 394 g/mol. The lowest BCUT2D eigenvalue weighted by molar-refractivity contribution is -0.130. The third-order valence-electron chi connectivity index (χ3n) is 4.63. The number of likely N-dealkylation sites (tertiary alicyclic amines) is 1. The van der Waals surface area contributed by atoms with Crippen molar-refractivity contribution < 1.29 is 22.7 Å². The molecule has 8 nitrogen and oxygen atoms in total. The van der Waals surface area contributed by atoms with Crippen LogP contribution in [0.4, 0.5) is 0 Å². The molecule has 1 amide bonds. The number of nitrogens with zero attached hydrogens (tertiary/aromatic N) is 1. The van der Waals surface area contributed by atoms with E-state index in [9.17, 15) is 13.2 Å². The van der Waals surface area contributed by atoms with Crippen molar-refractivity contribution in [1.82, 2.24) is 9.62 Å². The molecule has 27 heavy (non-hydrogen) atoms. The number of rotatable bonds is 6. The number of hydrogen-bond donors (Lipinski definition) is 2. The smallest absolute Gasteiger partial charge is 0.240 e. The maximum Gasteiger partial charge on any atom is 0.240 e. The van der Waals surface area contributed by atoms with Crippen molar-refractivity contribution in [2.75, 3.05) is 39.4 Å². The van der Waals surface area contributed by atoms with E-state index in [-0.39, 0.29) is 36.2 Å². The molecule has 1 unspecified atom stereocenters. The van der Waals surface area contributed by atoms with Gasteiger partial charge in [0.25, 0.3) is 0 Å². The lowest BCUT2D eigenvalue weighted by Gasteiger charge is -2.16. The van der Waals surface area contributed by atoms with Crippen LogP contribution in [-0.2, 0) is 14.8 Å². The molecule has 0 aliphatic carbocycles. The Balaban J connectivity index is 0.00000261. The zero-order valence-electron chi connectivity index (χ0n) is 15.1. The first kappa shape index (κ1) is 21.7. The summed E-state index contributed by atoms with van der Waals surface area (Å²) in [5, 5.41) is 0. The van der Waals surface area contributed by atoms with E-state index < -0.39 is 10.0 Å². The number of nitrogens with one attached hydrogen (secondary N) is 1. The predicted molar refractivity (Wildman–Crippen MR) is 103 cm³/mol. The lowest BCUT2D eigenvalue weighted by atomic mass is 10.1. The van der Waals surface area contributed by atoms with Crippen molar-refractivity contribution >= 4 is 28.3 Å². The number of hydrogen-bond acceptors (Lipinski definition) is 6. The first-order valence-electron chi connectivity index (χ1n) is 8.87. The van der Waals surface area contributed by atoms with E-state index >= 15 is 0 Å². The fourth-order valence-corrected chi connectivity index (χ4v) is 4.14. The van der Waals surface area contributed by atoms with E-state index in [0.29, 0.717) is 50.3 Å². The molecule has 1 aromatic carbocycles. The Hall–Kier alpha value is -1.55. The summed E-state index contributed by atoms with van der Waals surface area (Å²) in [7, 11) is -3.72. The minimum absolute atomic E-state index is 0. The lowest BCUT2D eigenvalue weighted by Crippen LogP contribution is -2.33. The first-order valence-corrected chi connectivity index (χ1v) is 10.3. The standard InChI is InChI=1S/C17H25N3O5S.ClH/c18-11-13-5-7-20(12-13)17(21)4-6-19-26(22,23)14-2-3-15-16(10-14)25-9-1-8-24-15;/h2-3,10,13,19H,1,4-9,11-12,18H2;1H. The van der Waals surface area contributed by atoms with Crippen molar-refractivity contribution in [3.8, 4) is 11.5 Å². The highest BCUT2D eigenvalue weighted by atomic mass is 35.5. The number of carbonyl (C=O) groups is 1. The van der Waals surface area contributed by atoms with Gasteiger partial charge in [-0.05, 0) is 31.0 Å². The van der Waals surface area contributed by atoms with Crippen molar-refractivity contribution in [2.24, 2.45) is 11.7 Å². The van der Waals surface area contributed by atoms with Gasteiger partial charge in [-0.25, -0.2) is 13.1 Å². The zero-order valence-corrected chi connectivity index (χ0v) is 16.7. The molecule has 2 aliphatic rings. The summed E-state index contributed by atoms with van der Waals surface area (Å²) in [6, 6.07) is 4.53. The number of carbonyl (C=O) groups excluding carboxylic acids is 1. The normalized spacial score (nSPS) is 19.3. The quantitative estimate of drug-likeness (QED) is 0.703. The molecule has 1 fully saturated rings. The van der Waals surface area contributed by atoms with Crippen molar-refractivity contribution in [3.63, 3.8) is 0 Å². The third-order valence-corrected chi connectivity index (χ3v) is 6.09. The van der Waals surface area contributed by atoms with Crippen LogP contribution in [-0.4, -0.2) is 58.6 Å². The van der Waals surface area contributed by atoms with Gasteiger partial charge in [-0.3, -0.25) is 4.79 Å². The van der Waals surface area contributed by atoms with Crippen molar-refractivity contribution in [1.29, 1.82) is 0 Å². The number of amides is 1. The molecule has 1 saturated heterocycles. The molecule has 152 valence electrons. The number of halogens is 1. The Labute approximate surface area is 165 Å². The van der Waals surface area contributed by atoms with Gasteiger partial charge >= 0.3 is 0 Å². The number of ether oxygens (including phenoxy) is 2. The van der Waals surface area contributed by atoms with E-state index in [4.69, 9.17) is 15.2 Å². The van der Waals surface area contributed by atoms with Gasteiger partial charge in [0.15, 0.2) is 11.5 Å². The van der Waals surface area contributed by atoms with E-state index in [1.54, 1.807) is 11.0 Å². The molecule has 1 aromatic rings. The van der Waals surface area contributed by atoms with Crippen molar-refractivity contribution in [2.45, 2.75) is 24.2 Å². The minimum Gasteiger partial charge on any atom is -0.490 e. The Morgan fingerprint density at radius 1 is 1.26 bits per heavy atom. The first-order chi connectivity index (χ1) is 12.5. The maximum absolute atomic E-state index is 12.5. The van der Waals surface area contributed by atoms with E-state index in [0.717, 1.165) is 12.8 Å². The van der Waals surface area contributed by atoms with Crippen LogP contribution in [0.15, 0.2) is 23.1 Å². The van der Waals surface area contributed by atoms with Gasteiger partial charge in [0.05, 0.1) is 18.1 Å². The summed E-state index contributed by atoms with van der Waals surface area (Å²) >= 11 is 0. The van der Waals surface area contributed by atoms with Crippen LogP contribution >= 0.6 is 12.4 Å². The minimum atomic E-state index is -3.72. The second kappa shape index (κ2) is 9.59. The average molecular weight is 420 g/mol. The van der Waals surface area contributed by atoms with E-state index in [1.807, 2.05) is 0 Å². The Morgan fingerprint density at radius 2 is 2.00 bits per heavy atom. The highest BCUT2D eigenvalue weighted by Crippen LogP contribution is 2.31. The largest absolute Gasteiger partial charge is 0.490 e. The zero-order chi connectivity index (χ0) is 18.6. The third kappa shape index (κ3) is 5.47. The summed E-state index contributed by atoms with van der Waals surface area (Å²) in [5.41, 5.74) is 5.63. The van der Waals surface area contributed by atoms with Gasteiger partial charge in [-0.1, -0.05) is 0 Å². The Kier molecular flexibility index (Phi) is 7.72. The molecule has 3 N–H and O–H groups in total. The van der Waals surface area contributed by atoms with Gasteiger partial charge in [0.1, 0.15) is 0 Å². The monoisotopic (exact) mass is 419 g/mol. The summed E-state index contributed by atoms with van der Waals surface area (Å²) < 4.78 is 38.4. The Morgan fingerprint density at radius 3 is 2.70 bits per heavy atom. The summed E-state index contributed by atoms with van der Waals surface area (Å²) in [4.78, 5) is 14.0. The molecule has 0 radical (unpaired) electrons. The molecule has 10 heteroatoms. The summed E-state index contributed by atoms with van der Waals surface area (Å²) in [5.74, 6) is 1.26. The second-order valence-electron chi connectivity index (χ2n) is 6.54. The van der Waals surface area contributed by atoms with Crippen LogP contribution in [0.3, 0.4) is 0 Å². The molecule has 0 saturated carbocycles. The SMILES string of the molecule is Cl.NCC1CCN(C(=O)CCNS(=O)(=O)c2ccc3c(c2)OCCCO3)C1. The number of fused-ring (bicyclic) bond motifs is 1. The second-order valence-corrected chi connectivity index (χ2v) is 8.30. The van der Waals surface area contributed by atoms with Crippen LogP contribution in [0.25, 0.3) is 0 Å². The van der Waals surface area contributed by atoms with E-state index in [1.165, 1.54) is 12.1 Å². The molecule has 2 heterocycles. The highest BCUT2D eigenvalue weighted by molar-refractivity contribution is 7.89. The van der Waals surface area contributed by atoms with Crippen LogP contribution in [0.2, 0.25) is 0 Å². The fourth-order valence-electron chi connectivity index (χ4n) is 3.10. The Bertz CT molecular complexity index is 759. The molecular formula is C17H26ClN3O5S. The predicted octanol–water partition coefficient (Wildman–Crippen LogP) is 0.745. The van der Waals surface area contributed by atoms with Gasteiger partial charge in [-0.15, -0.1) is 12.4 Å². The molecule has 0 aromatic heterocycles. The average Bonchev–Trinajstić information content (AvgIpc) is 2.99. The van der Waals surface area contributed by atoms with Crippen molar-refractivity contribution in [3.05, 3.63) is 18.2 Å². The highest BCUT2D eigenvalue weighted by Gasteiger charge is 2.25. The summed E-state index contributed by atoms with van der Waals surface area (Å²) in [6.45, 7) is 3.00. The molecule has 0 bridgehead atoms. The van der Waals surface area contributed by atoms with E-state index in [2.05, 4.69) is 4.72 Å². The van der Waals surface area contributed by atoms with Crippen LogP contribution in [0, 0.1) is 5.92 Å². The number of sulfonamides is 1. The maximum atomic E-state index is 12.5. The van der Waals surface area contributed by atoms with Crippen LogP contribution < -0.4 is 19.9 Å². The number of nitrogens with two attached hydrogens (primary N) is 1. The van der Waals surface area contributed by atoms with Gasteiger partial charge in [0, 0.05) is 38.5 Å². The van der Waals surface area contributed by atoms with Crippen LogP contribution in [0.1, 0.15) is 19.3 Å². The molecule has 3 rings (SSSR count). The van der Waals surface area contributed by atoms with Gasteiger partial charge in [-0.2, -0.15) is 0 Å². The number of benzene rings is 1. The molecule has 1 atom stereocenters. The molecule has 0 spiro atoms. The molecule has 2 aliphatic heterocycles. The van der Waals surface area contributed by atoms with Crippen LogP contribution in [0.5, 0.6) is 11.5 Å². The van der Waals surface area contributed by atoms with Gasteiger partial charge < -0.3 is 20.1 Å². The topological polar surface area (TPSA) is 111 Å².